The lowest BCUT2D eigenvalue weighted by Gasteiger charge is -2.43. The van der Waals surface area contributed by atoms with Gasteiger partial charge in [0.1, 0.15) is 13.2 Å². The van der Waals surface area contributed by atoms with Crippen LogP contribution < -0.4 is 5.32 Å². The molecule has 0 saturated heterocycles. The van der Waals surface area contributed by atoms with Gasteiger partial charge in [-0.3, -0.25) is 4.79 Å². The molecule has 2 aromatic carbocycles. The monoisotopic (exact) mass is 509 g/mol. The molecule has 2 aromatic rings. The zero-order chi connectivity index (χ0) is 26.1. The molecular formula is C29H32ClNO5. The van der Waals surface area contributed by atoms with Crippen molar-refractivity contribution in [2.75, 3.05) is 19.8 Å². The Kier molecular flexibility index (Phi) is 9.51. The van der Waals surface area contributed by atoms with E-state index in [9.17, 15) is 14.7 Å². The number of carbonyl (C=O) groups is 2. The summed E-state index contributed by atoms with van der Waals surface area (Å²) >= 11 is 6.12. The maximum Gasteiger partial charge on any atom is 0.336 e. The molecule has 0 unspecified atom stereocenters. The number of hydrogen-bond acceptors (Lipinski definition) is 6. The van der Waals surface area contributed by atoms with Crippen LogP contribution in [0.25, 0.3) is 0 Å². The Morgan fingerprint density at radius 3 is 2.36 bits per heavy atom. The molecule has 6 nitrogen and oxygen atoms in total. The third-order valence-corrected chi connectivity index (χ3v) is 6.40. The van der Waals surface area contributed by atoms with Crippen molar-refractivity contribution >= 4 is 23.5 Å². The smallest absolute Gasteiger partial charge is 0.336 e. The molecule has 0 bridgehead atoms. The summed E-state index contributed by atoms with van der Waals surface area (Å²) in [6.07, 6.45) is 3.68. The van der Waals surface area contributed by atoms with Crippen LogP contribution in [0.5, 0.6) is 0 Å². The van der Waals surface area contributed by atoms with Crippen LogP contribution in [0.15, 0.2) is 91.2 Å². The molecule has 0 amide bonds. The number of rotatable bonds is 11. The minimum absolute atomic E-state index is 0.00887. The van der Waals surface area contributed by atoms with E-state index in [0.29, 0.717) is 29.2 Å². The van der Waals surface area contributed by atoms with Crippen LogP contribution in [0.2, 0.25) is 5.02 Å². The fourth-order valence-corrected chi connectivity index (χ4v) is 4.68. The Morgan fingerprint density at radius 1 is 1.08 bits per heavy atom. The number of nitrogens with one attached hydrogen (secondary N) is 1. The van der Waals surface area contributed by atoms with E-state index in [1.54, 1.807) is 31.2 Å². The van der Waals surface area contributed by atoms with E-state index in [1.165, 1.54) is 12.2 Å². The number of ether oxygens (including phenoxy) is 2. The average Bonchev–Trinajstić information content (AvgIpc) is 2.86. The molecule has 0 fully saturated rings. The van der Waals surface area contributed by atoms with Gasteiger partial charge in [-0.15, -0.1) is 0 Å². The van der Waals surface area contributed by atoms with E-state index < -0.39 is 29.4 Å². The highest BCUT2D eigenvalue weighted by atomic mass is 35.5. The summed E-state index contributed by atoms with van der Waals surface area (Å²) in [7, 11) is 0. The molecule has 0 aliphatic heterocycles. The highest BCUT2D eigenvalue weighted by Gasteiger charge is 2.52. The third-order valence-electron chi connectivity index (χ3n) is 6.15. The maximum atomic E-state index is 13.4. The quantitative estimate of drug-likeness (QED) is 0.336. The van der Waals surface area contributed by atoms with E-state index >= 15 is 0 Å². The van der Waals surface area contributed by atoms with Crippen molar-refractivity contribution in [1.29, 1.82) is 0 Å². The Morgan fingerprint density at radius 2 is 1.72 bits per heavy atom. The normalized spacial score (nSPS) is 21.4. The van der Waals surface area contributed by atoms with Gasteiger partial charge < -0.3 is 19.9 Å². The Balaban J connectivity index is 2.09. The first-order valence-electron chi connectivity index (χ1n) is 11.8. The average molecular weight is 510 g/mol. The summed E-state index contributed by atoms with van der Waals surface area (Å²) in [6, 6.07) is 16.8. The molecule has 36 heavy (non-hydrogen) atoms. The van der Waals surface area contributed by atoms with Gasteiger partial charge in [0.2, 0.25) is 0 Å². The number of benzene rings is 2. The van der Waals surface area contributed by atoms with Crippen LogP contribution in [0.4, 0.5) is 0 Å². The van der Waals surface area contributed by atoms with E-state index in [4.69, 9.17) is 21.1 Å². The second-order valence-corrected chi connectivity index (χ2v) is 9.34. The first kappa shape index (κ1) is 27.2. The summed E-state index contributed by atoms with van der Waals surface area (Å²) in [5, 5.41) is 15.4. The topological polar surface area (TPSA) is 84.9 Å². The lowest BCUT2D eigenvalue weighted by Crippen LogP contribution is -2.50. The minimum Gasteiger partial charge on any atom is -0.461 e. The zero-order valence-corrected chi connectivity index (χ0v) is 21.2. The lowest BCUT2D eigenvalue weighted by atomic mass is 9.66. The number of carbonyl (C=O) groups excluding carboxylic acids is 2. The molecule has 1 aliphatic rings. The van der Waals surface area contributed by atoms with Crippen LogP contribution in [0.1, 0.15) is 30.4 Å². The van der Waals surface area contributed by atoms with Gasteiger partial charge in [0.25, 0.3) is 0 Å². The van der Waals surface area contributed by atoms with Crippen molar-refractivity contribution in [3.8, 4) is 0 Å². The maximum absolute atomic E-state index is 13.4. The molecule has 190 valence electrons. The molecule has 3 rings (SSSR count). The van der Waals surface area contributed by atoms with Gasteiger partial charge in [0.15, 0.2) is 0 Å². The van der Waals surface area contributed by atoms with E-state index in [-0.39, 0.29) is 25.2 Å². The highest BCUT2D eigenvalue weighted by molar-refractivity contribution is 6.30. The molecule has 0 heterocycles. The van der Waals surface area contributed by atoms with Gasteiger partial charge >= 0.3 is 11.9 Å². The van der Waals surface area contributed by atoms with Crippen molar-refractivity contribution in [1.82, 2.24) is 5.32 Å². The molecule has 0 radical (unpaired) electrons. The Labute approximate surface area is 217 Å². The van der Waals surface area contributed by atoms with Crippen molar-refractivity contribution in [3.63, 3.8) is 0 Å². The first-order chi connectivity index (χ1) is 17.3. The van der Waals surface area contributed by atoms with E-state index in [2.05, 4.69) is 18.5 Å². The van der Waals surface area contributed by atoms with E-state index in [1.807, 2.05) is 30.3 Å². The lowest BCUT2D eigenvalue weighted by molar-refractivity contribution is -0.159. The minimum atomic E-state index is -1.51. The number of esters is 2. The summed E-state index contributed by atoms with van der Waals surface area (Å²) < 4.78 is 10.8. The van der Waals surface area contributed by atoms with Crippen molar-refractivity contribution < 1.29 is 24.2 Å². The second kappa shape index (κ2) is 12.6. The van der Waals surface area contributed by atoms with Gasteiger partial charge in [-0.25, -0.2) is 4.79 Å². The molecule has 0 aromatic heterocycles. The second-order valence-electron chi connectivity index (χ2n) is 8.90. The van der Waals surface area contributed by atoms with Gasteiger partial charge in [-0.1, -0.05) is 79.4 Å². The van der Waals surface area contributed by atoms with Gasteiger partial charge in [0.05, 0.1) is 17.1 Å². The molecule has 0 spiro atoms. The number of hydrogen-bond donors (Lipinski definition) is 2. The molecule has 0 saturated carbocycles. The molecular weight excluding hydrogens is 478 g/mol. The number of halogens is 1. The SMILES string of the molecule is C=CCOC(=O)C1=C(NCCc2ccccc2)C[C@](C)(O)[C@H](C(=O)OCC=C)[C@@H]1c1ccc(Cl)cc1. The predicted molar refractivity (Wildman–Crippen MR) is 140 cm³/mol. The molecule has 7 heteroatoms. The van der Waals surface area contributed by atoms with E-state index in [0.717, 1.165) is 5.56 Å². The van der Waals surface area contributed by atoms with Crippen LogP contribution in [-0.2, 0) is 25.5 Å². The van der Waals surface area contributed by atoms with Gasteiger partial charge in [-0.2, -0.15) is 0 Å². The molecule has 3 atom stereocenters. The van der Waals surface area contributed by atoms with Crippen molar-refractivity contribution in [2.45, 2.75) is 31.3 Å². The van der Waals surface area contributed by atoms with Crippen LogP contribution in [0.3, 0.4) is 0 Å². The summed E-state index contributed by atoms with van der Waals surface area (Å²) in [4.78, 5) is 26.6. The summed E-state index contributed by atoms with van der Waals surface area (Å²) in [6.45, 7) is 9.31. The third kappa shape index (κ3) is 6.65. The largest absolute Gasteiger partial charge is 0.461 e. The van der Waals surface area contributed by atoms with Crippen molar-refractivity contribution in [3.05, 3.63) is 107 Å². The van der Waals surface area contributed by atoms with Crippen molar-refractivity contribution in [2.24, 2.45) is 5.92 Å². The van der Waals surface area contributed by atoms with Gasteiger partial charge in [0, 0.05) is 29.6 Å². The molecule has 2 N–H and O–H groups in total. The van der Waals surface area contributed by atoms with Crippen LogP contribution in [-0.4, -0.2) is 42.4 Å². The van der Waals surface area contributed by atoms with Gasteiger partial charge in [-0.05, 0) is 36.6 Å². The summed E-state index contributed by atoms with van der Waals surface area (Å²) in [5.74, 6) is -3.12. The standard InChI is InChI=1S/C29H32ClNO5/c1-4-17-35-27(32)25-23(31-16-15-20-9-7-6-8-10-20)19-29(3,34)26(28(33)36-18-5-2)24(25)21-11-13-22(30)14-12-21/h4-14,24,26,31,34H,1-2,15-19H2,3H3/t24-,26+,29+/m1/s1. The fraction of sp³-hybridized carbons (Fsp3) is 0.310. The number of aliphatic hydroxyl groups is 1. The highest BCUT2D eigenvalue weighted by Crippen LogP contribution is 2.47. The Hall–Kier alpha value is -3.35. The molecule has 1 aliphatic carbocycles. The van der Waals surface area contributed by atoms with Crippen LogP contribution in [0, 0.1) is 5.92 Å². The predicted octanol–water partition coefficient (Wildman–Crippen LogP) is 4.74. The summed E-state index contributed by atoms with van der Waals surface area (Å²) in [5.41, 5.74) is 1.05. The Bertz CT molecular complexity index is 1110. The first-order valence-corrected chi connectivity index (χ1v) is 12.2. The fourth-order valence-electron chi connectivity index (χ4n) is 4.55. The van der Waals surface area contributed by atoms with Crippen LogP contribution >= 0.6 is 11.6 Å². The zero-order valence-electron chi connectivity index (χ0n) is 20.4.